The minimum Gasteiger partial charge on any atom is -0.456 e. The average molecular weight is 784 g/mol. The topological polar surface area (TPSA) is 16.4 Å². The van der Waals surface area contributed by atoms with Crippen LogP contribution in [0.25, 0.3) is 64.7 Å². The number of anilines is 3. The van der Waals surface area contributed by atoms with Crippen LogP contribution in [0.15, 0.2) is 229 Å². The SMILES string of the molecule is c1ccc(-c2ccc(N(c3ccc(-c4ccc5c(c4)-c4oc6ccccc6c4C5(c4ccccc4)c4ccccc4)cc3)c3ccc4c(c3)sc3ccccc34)cc2)cc1. The van der Waals surface area contributed by atoms with Crippen LogP contribution < -0.4 is 4.90 Å². The predicted molar refractivity (Wildman–Crippen MR) is 252 cm³/mol. The lowest BCUT2D eigenvalue weighted by Crippen LogP contribution is -2.28. The van der Waals surface area contributed by atoms with Crippen LogP contribution in [0.4, 0.5) is 17.1 Å². The van der Waals surface area contributed by atoms with Crippen molar-refractivity contribution in [3.63, 3.8) is 0 Å². The summed E-state index contributed by atoms with van der Waals surface area (Å²) in [6.45, 7) is 0. The lowest BCUT2D eigenvalue weighted by Gasteiger charge is -2.33. The number of nitrogens with zero attached hydrogens (tertiary/aromatic N) is 1. The average Bonchev–Trinajstić information content (AvgIpc) is 3.98. The van der Waals surface area contributed by atoms with Crippen LogP contribution in [0, 0.1) is 0 Å². The number of furan rings is 1. The zero-order valence-electron chi connectivity index (χ0n) is 32.6. The van der Waals surface area contributed by atoms with Gasteiger partial charge in [0.2, 0.25) is 0 Å². The summed E-state index contributed by atoms with van der Waals surface area (Å²) < 4.78 is 9.44. The Morgan fingerprint density at radius 1 is 0.383 bits per heavy atom. The van der Waals surface area contributed by atoms with Crippen LogP contribution in [0.2, 0.25) is 0 Å². The number of fused-ring (bicyclic) bond motifs is 8. The van der Waals surface area contributed by atoms with Crippen LogP contribution >= 0.6 is 11.3 Å². The predicted octanol–water partition coefficient (Wildman–Crippen LogP) is 16.0. The molecule has 3 heteroatoms. The fourth-order valence-electron chi connectivity index (χ4n) is 9.66. The number of hydrogen-bond donors (Lipinski definition) is 0. The summed E-state index contributed by atoms with van der Waals surface area (Å²) in [6, 6.07) is 81.5. The molecular weight excluding hydrogens is 747 g/mol. The molecule has 9 aromatic carbocycles. The van der Waals surface area contributed by atoms with Crippen molar-refractivity contribution in [2.24, 2.45) is 0 Å². The van der Waals surface area contributed by atoms with Gasteiger partial charge in [0.05, 0.1) is 5.41 Å². The molecule has 12 rings (SSSR count). The molecule has 0 fully saturated rings. The first kappa shape index (κ1) is 34.6. The number of hydrogen-bond acceptors (Lipinski definition) is 3. The maximum absolute atomic E-state index is 6.86. The Balaban J connectivity index is 0.987. The van der Waals surface area contributed by atoms with Gasteiger partial charge in [-0.25, -0.2) is 0 Å². The summed E-state index contributed by atoms with van der Waals surface area (Å²) >= 11 is 1.85. The molecule has 1 aliphatic rings. The fraction of sp³-hybridized carbons (Fsp3) is 0.0175. The molecule has 0 amide bonds. The molecule has 2 nitrogen and oxygen atoms in total. The first-order chi connectivity index (χ1) is 29.7. The van der Waals surface area contributed by atoms with Crippen LogP contribution in [-0.2, 0) is 5.41 Å². The molecule has 0 saturated heterocycles. The van der Waals surface area contributed by atoms with Crippen LogP contribution in [0.5, 0.6) is 0 Å². The zero-order valence-corrected chi connectivity index (χ0v) is 33.4. The summed E-state index contributed by atoms with van der Waals surface area (Å²) in [5.41, 5.74) is 14.4. The third-order valence-electron chi connectivity index (χ3n) is 12.4. The summed E-state index contributed by atoms with van der Waals surface area (Å²) in [7, 11) is 0. The number of benzene rings is 9. The van der Waals surface area contributed by atoms with E-state index in [1.165, 1.54) is 53.6 Å². The van der Waals surface area contributed by atoms with Crippen molar-refractivity contribution in [3.8, 4) is 33.6 Å². The van der Waals surface area contributed by atoms with E-state index >= 15 is 0 Å². The van der Waals surface area contributed by atoms with Gasteiger partial charge in [-0.05, 0) is 93.5 Å². The Bertz CT molecular complexity index is 3310. The minimum atomic E-state index is -0.533. The molecule has 0 saturated carbocycles. The van der Waals surface area contributed by atoms with E-state index in [0.717, 1.165) is 50.5 Å². The van der Waals surface area contributed by atoms with E-state index in [1.807, 2.05) is 11.3 Å². The maximum atomic E-state index is 6.86. The highest BCUT2D eigenvalue weighted by Gasteiger charge is 2.49. The van der Waals surface area contributed by atoms with Gasteiger partial charge in [0.1, 0.15) is 11.3 Å². The molecule has 2 heterocycles. The minimum absolute atomic E-state index is 0.533. The molecule has 0 bridgehead atoms. The third-order valence-corrected chi connectivity index (χ3v) is 13.5. The van der Waals surface area contributed by atoms with Gasteiger partial charge in [-0.3, -0.25) is 0 Å². The Hall–Kier alpha value is -7.46. The van der Waals surface area contributed by atoms with Crippen molar-refractivity contribution in [1.82, 2.24) is 0 Å². The van der Waals surface area contributed by atoms with Crippen LogP contribution in [0.1, 0.15) is 22.3 Å². The standard InChI is InChI=1S/C57H37NOS/c1-4-14-38(15-5-1)39-24-29-44(30-25-39)58(46-33-34-48-47-20-11-13-23-53(47)60-54(48)37-46)45-31-26-40(27-32-45)41-28-35-51-50(36-41)56-55(49-21-10-12-22-52(49)59-56)57(51,42-16-6-2-7-17-42)43-18-8-3-9-19-43/h1-37H. The van der Waals surface area contributed by atoms with Crippen molar-refractivity contribution in [2.75, 3.05) is 4.90 Å². The van der Waals surface area contributed by atoms with Gasteiger partial charge in [-0.2, -0.15) is 0 Å². The molecule has 0 aliphatic heterocycles. The van der Waals surface area contributed by atoms with Crippen LogP contribution in [-0.4, -0.2) is 0 Å². The first-order valence-electron chi connectivity index (χ1n) is 20.5. The van der Waals surface area contributed by atoms with Crippen molar-refractivity contribution < 1.29 is 4.42 Å². The quantitative estimate of drug-likeness (QED) is 0.160. The van der Waals surface area contributed by atoms with E-state index in [2.05, 4.69) is 229 Å². The Morgan fingerprint density at radius 2 is 0.900 bits per heavy atom. The second kappa shape index (κ2) is 13.8. The highest BCUT2D eigenvalue weighted by atomic mass is 32.1. The normalized spacial score (nSPS) is 12.8. The molecule has 0 atom stereocenters. The van der Waals surface area contributed by atoms with Crippen molar-refractivity contribution in [2.45, 2.75) is 5.41 Å². The van der Waals surface area contributed by atoms with Gasteiger partial charge in [0.25, 0.3) is 0 Å². The lowest BCUT2D eigenvalue weighted by molar-refractivity contribution is 0.628. The van der Waals surface area contributed by atoms with E-state index < -0.39 is 5.41 Å². The summed E-state index contributed by atoms with van der Waals surface area (Å²) in [6.07, 6.45) is 0. The van der Waals surface area contributed by atoms with E-state index in [1.54, 1.807) is 0 Å². The highest BCUT2D eigenvalue weighted by Crippen LogP contribution is 2.59. The third kappa shape index (κ3) is 5.33. The largest absolute Gasteiger partial charge is 0.456 e. The first-order valence-corrected chi connectivity index (χ1v) is 21.3. The maximum Gasteiger partial charge on any atom is 0.140 e. The molecule has 0 radical (unpaired) electrons. The Kier molecular flexibility index (Phi) is 7.97. The van der Waals surface area contributed by atoms with Gasteiger partial charge in [-0.15, -0.1) is 11.3 Å². The molecule has 0 N–H and O–H groups in total. The van der Waals surface area contributed by atoms with Gasteiger partial charge in [-0.1, -0.05) is 170 Å². The number of para-hydroxylation sites is 1. The van der Waals surface area contributed by atoms with E-state index in [9.17, 15) is 0 Å². The van der Waals surface area contributed by atoms with Crippen molar-refractivity contribution in [1.29, 1.82) is 0 Å². The van der Waals surface area contributed by atoms with E-state index in [-0.39, 0.29) is 0 Å². The highest BCUT2D eigenvalue weighted by molar-refractivity contribution is 7.25. The number of thiophene rings is 1. The Morgan fingerprint density at radius 3 is 1.58 bits per heavy atom. The zero-order chi connectivity index (χ0) is 39.6. The molecule has 0 spiro atoms. The van der Waals surface area contributed by atoms with Crippen LogP contribution in [0.3, 0.4) is 0 Å². The molecule has 282 valence electrons. The van der Waals surface area contributed by atoms with Gasteiger partial charge in [0.15, 0.2) is 0 Å². The Labute approximate surface area is 352 Å². The fourth-order valence-corrected chi connectivity index (χ4v) is 10.8. The summed E-state index contributed by atoms with van der Waals surface area (Å²) in [5.74, 6) is 0.944. The van der Waals surface area contributed by atoms with Gasteiger partial charge >= 0.3 is 0 Å². The smallest absolute Gasteiger partial charge is 0.140 e. The molecule has 0 unspecified atom stereocenters. The second-order valence-electron chi connectivity index (χ2n) is 15.6. The van der Waals surface area contributed by atoms with Gasteiger partial charge in [0, 0.05) is 53.7 Å². The van der Waals surface area contributed by atoms with Crippen molar-refractivity contribution in [3.05, 3.63) is 247 Å². The molecule has 11 aromatic rings. The molecular formula is C57H37NOS. The lowest BCUT2D eigenvalue weighted by atomic mass is 9.67. The molecule has 2 aromatic heterocycles. The molecule has 60 heavy (non-hydrogen) atoms. The van der Waals surface area contributed by atoms with E-state index in [4.69, 9.17) is 4.42 Å². The molecule has 1 aliphatic carbocycles. The summed E-state index contributed by atoms with van der Waals surface area (Å²) in [4.78, 5) is 2.37. The monoisotopic (exact) mass is 783 g/mol. The van der Waals surface area contributed by atoms with Gasteiger partial charge < -0.3 is 9.32 Å². The van der Waals surface area contributed by atoms with E-state index in [0.29, 0.717) is 0 Å². The summed E-state index contributed by atoms with van der Waals surface area (Å²) in [5, 5.41) is 3.75. The van der Waals surface area contributed by atoms with Crippen molar-refractivity contribution >= 4 is 59.5 Å². The second-order valence-corrected chi connectivity index (χ2v) is 16.7. The number of rotatable bonds is 7.